The highest BCUT2D eigenvalue weighted by molar-refractivity contribution is 8.18. The monoisotopic (exact) mass is 438 g/mol. The summed E-state index contributed by atoms with van der Waals surface area (Å²) in [5.41, 5.74) is 3.52. The second-order valence-electron chi connectivity index (χ2n) is 6.79. The summed E-state index contributed by atoms with van der Waals surface area (Å²) in [5, 5.41) is 0.231. The number of aryl methyl sites for hydroxylation is 1. The first-order chi connectivity index (χ1) is 14.5. The van der Waals surface area contributed by atoms with E-state index < -0.39 is 0 Å². The number of carbonyl (C=O) groups is 2. The zero-order chi connectivity index (χ0) is 21.3. The fourth-order valence-corrected chi connectivity index (χ4v) is 4.34. The van der Waals surface area contributed by atoms with Crippen LogP contribution in [0.4, 0.5) is 4.79 Å². The molecule has 30 heavy (non-hydrogen) atoms. The maximum Gasteiger partial charge on any atom is 0.293 e. The Morgan fingerprint density at radius 2 is 1.77 bits per heavy atom. The summed E-state index contributed by atoms with van der Waals surface area (Å²) in [5.74, 6) is 0.454. The maximum atomic E-state index is 12.9. The van der Waals surface area contributed by atoms with Gasteiger partial charge in [0.2, 0.25) is 0 Å². The Labute approximate surface area is 183 Å². The van der Waals surface area contributed by atoms with E-state index in [0.29, 0.717) is 9.93 Å². The van der Waals surface area contributed by atoms with Crippen LogP contribution in [-0.2, 0) is 11.3 Å². The lowest BCUT2D eigenvalue weighted by atomic mass is 10.2. The number of hydrogen-bond donors (Lipinski definition) is 0. The molecule has 4 rings (SSSR count). The molecule has 1 aliphatic rings. The molecule has 0 bridgehead atoms. The summed E-state index contributed by atoms with van der Waals surface area (Å²) in [4.78, 5) is 27.0. The van der Waals surface area contributed by atoms with Gasteiger partial charge < -0.3 is 9.30 Å². The lowest BCUT2D eigenvalue weighted by Crippen LogP contribution is -2.27. The number of methoxy groups -OCH3 is 1. The van der Waals surface area contributed by atoms with Crippen LogP contribution in [-0.4, -0.2) is 27.7 Å². The molecule has 0 saturated carbocycles. The minimum atomic E-state index is -0.315. The topological polar surface area (TPSA) is 51.5 Å². The molecule has 1 aromatic heterocycles. The standard InChI is InChI=1S/C23H19ClN2O3S/c1-15-7-8-18(26(15)17-9-11-19(29-2)12-10-17)13-21-22(27)25(23(28)30-21)14-16-5-3-4-6-20(16)24/h3-13H,14H2,1-2H3/b21-13-. The summed E-state index contributed by atoms with van der Waals surface area (Å²) < 4.78 is 7.26. The molecule has 1 aliphatic heterocycles. The van der Waals surface area contributed by atoms with Crippen molar-refractivity contribution in [2.45, 2.75) is 13.5 Å². The number of nitrogens with zero attached hydrogens (tertiary/aromatic N) is 2. The van der Waals surface area contributed by atoms with Gasteiger partial charge in [0, 0.05) is 22.1 Å². The highest BCUT2D eigenvalue weighted by Crippen LogP contribution is 2.35. The second kappa shape index (κ2) is 8.42. The average Bonchev–Trinajstić information content (AvgIpc) is 3.24. The number of thioether (sulfide) groups is 1. The minimum absolute atomic E-state index is 0.153. The molecule has 1 fully saturated rings. The van der Waals surface area contributed by atoms with E-state index in [4.69, 9.17) is 16.3 Å². The number of imide groups is 1. The Morgan fingerprint density at radius 3 is 2.47 bits per heavy atom. The van der Waals surface area contributed by atoms with Gasteiger partial charge in [0.25, 0.3) is 11.1 Å². The summed E-state index contributed by atoms with van der Waals surface area (Å²) in [7, 11) is 1.63. The highest BCUT2D eigenvalue weighted by atomic mass is 35.5. The third-order valence-electron chi connectivity index (χ3n) is 4.88. The molecule has 5 nitrogen and oxygen atoms in total. The van der Waals surface area contributed by atoms with Crippen molar-refractivity contribution in [2.75, 3.05) is 7.11 Å². The van der Waals surface area contributed by atoms with Crippen molar-refractivity contribution in [3.63, 3.8) is 0 Å². The van der Waals surface area contributed by atoms with E-state index in [1.54, 1.807) is 19.3 Å². The quantitative estimate of drug-likeness (QED) is 0.480. The Hall–Kier alpha value is -2.96. The van der Waals surface area contributed by atoms with Gasteiger partial charge in [-0.3, -0.25) is 14.5 Å². The van der Waals surface area contributed by atoms with Gasteiger partial charge >= 0.3 is 0 Å². The molecule has 0 unspecified atom stereocenters. The third kappa shape index (κ3) is 3.88. The largest absolute Gasteiger partial charge is 0.497 e. The van der Waals surface area contributed by atoms with Gasteiger partial charge in [-0.25, -0.2) is 0 Å². The van der Waals surface area contributed by atoms with Gasteiger partial charge in [-0.1, -0.05) is 29.8 Å². The molecule has 3 aromatic rings. The molecule has 0 aliphatic carbocycles. The summed E-state index contributed by atoms with van der Waals surface area (Å²) >= 11 is 7.14. The van der Waals surface area contributed by atoms with Crippen LogP contribution in [0.25, 0.3) is 11.8 Å². The number of amides is 2. The van der Waals surface area contributed by atoms with Crippen LogP contribution in [0.5, 0.6) is 5.75 Å². The number of hydrogen-bond acceptors (Lipinski definition) is 4. The Kier molecular flexibility index (Phi) is 5.70. The van der Waals surface area contributed by atoms with Crippen LogP contribution in [0.2, 0.25) is 5.02 Å². The smallest absolute Gasteiger partial charge is 0.293 e. The predicted octanol–water partition coefficient (Wildman–Crippen LogP) is 5.68. The summed E-state index contributed by atoms with van der Waals surface area (Å²) in [6.45, 7) is 2.14. The average molecular weight is 439 g/mol. The lowest BCUT2D eigenvalue weighted by molar-refractivity contribution is -0.123. The second-order valence-corrected chi connectivity index (χ2v) is 8.19. The first kappa shape index (κ1) is 20.3. The fourth-order valence-electron chi connectivity index (χ4n) is 3.32. The predicted molar refractivity (Wildman–Crippen MR) is 120 cm³/mol. The van der Waals surface area contributed by atoms with E-state index in [2.05, 4.69) is 0 Å². The molecule has 2 heterocycles. The van der Waals surface area contributed by atoms with Crippen molar-refractivity contribution in [1.29, 1.82) is 0 Å². The number of halogens is 1. The molecule has 0 spiro atoms. The van der Waals surface area contributed by atoms with Crippen LogP contribution in [0, 0.1) is 6.92 Å². The van der Waals surface area contributed by atoms with Crippen LogP contribution < -0.4 is 4.74 Å². The lowest BCUT2D eigenvalue weighted by Gasteiger charge is -2.13. The Bertz CT molecular complexity index is 1150. The SMILES string of the molecule is COc1ccc(-n2c(C)ccc2/C=C2\SC(=O)N(Cc3ccccc3Cl)C2=O)cc1. The zero-order valence-corrected chi connectivity index (χ0v) is 18.0. The molecule has 0 atom stereocenters. The normalized spacial score (nSPS) is 15.3. The molecule has 7 heteroatoms. The molecular weight excluding hydrogens is 420 g/mol. The molecule has 2 aromatic carbocycles. The Morgan fingerprint density at radius 1 is 1.03 bits per heavy atom. The zero-order valence-electron chi connectivity index (χ0n) is 16.5. The van der Waals surface area contributed by atoms with Gasteiger partial charge in [-0.15, -0.1) is 0 Å². The molecular formula is C23H19ClN2O3S. The summed E-state index contributed by atoms with van der Waals surface area (Å²) in [6.07, 6.45) is 1.76. The molecule has 2 amide bonds. The van der Waals surface area contributed by atoms with Crippen molar-refractivity contribution in [1.82, 2.24) is 9.47 Å². The van der Waals surface area contributed by atoms with Crippen LogP contribution in [0.3, 0.4) is 0 Å². The van der Waals surface area contributed by atoms with Gasteiger partial charge in [-0.2, -0.15) is 0 Å². The van der Waals surface area contributed by atoms with E-state index in [-0.39, 0.29) is 17.7 Å². The summed E-state index contributed by atoms with van der Waals surface area (Å²) in [6, 6.07) is 18.8. The first-order valence-electron chi connectivity index (χ1n) is 9.29. The number of carbonyl (C=O) groups excluding carboxylic acids is 2. The van der Waals surface area contributed by atoms with Crippen molar-refractivity contribution in [3.05, 3.63) is 87.5 Å². The number of aromatic nitrogens is 1. The van der Waals surface area contributed by atoms with Gasteiger partial charge in [0.1, 0.15) is 5.75 Å². The van der Waals surface area contributed by atoms with Gasteiger partial charge in [0.15, 0.2) is 0 Å². The Balaban J connectivity index is 1.63. The van der Waals surface area contributed by atoms with E-state index >= 15 is 0 Å². The molecule has 152 valence electrons. The minimum Gasteiger partial charge on any atom is -0.497 e. The van der Waals surface area contributed by atoms with Crippen LogP contribution in [0.1, 0.15) is 17.0 Å². The van der Waals surface area contributed by atoms with Gasteiger partial charge in [-0.05, 0) is 72.8 Å². The number of benzene rings is 2. The van der Waals surface area contributed by atoms with E-state index in [9.17, 15) is 9.59 Å². The van der Waals surface area contributed by atoms with Gasteiger partial charge in [0.05, 0.1) is 18.6 Å². The van der Waals surface area contributed by atoms with Crippen molar-refractivity contribution in [3.8, 4) is 11.4 Å². The molecule has 1 saturated heterocycles. The van der Waals surface area contributed by atoms with E-state index in [0.717, 1.165) is 40.2 Å². The first-order valence-corrected chi connectivity index (χ1v) is 10.5. The van der Waals surface area contributed by atoms with E-state index in [1.807, 2.05) is 66.1 Å². The maximum absolute atomic E-state index is 12.9. The van der Waals surface area contributed by atoms with Crippen molar-refractivity contribution < 1.29 is 14.3 Å². The molecule has 0 radical (unpaired) electrons. The fraction of sp³-hybridized carbons (Fsp3) is 0.130. The third-order valence-corrected chi connectivity index (χ3v) is 6.15. The van der Waals surface area contributed by atoms with Crippen molar-refractivity contribution >= 4 is 40.6 Å². The van der Waals surface area contributed by atoms with Crippen molar-refractivity contribution in [2.24, 2.45) is 0 Å². The highest BCUT2D eigenvalue weighted by Gasteiger charge is 2.35. The number of rotatable bonds is 5. The molecule has 0 N–H and O–H groups in total. The van der Waals surface area contributed by atoms with E-state index in [1.165, 1.54) is 4.90 Å². The van der Waals surface area contributed by atoms with Crippen LogP contribution >= 0.6 is 23.4 Å². The number of ether oxygens (including phenoxy) is 1. The van der Waals surface area contributed by atoms with Crippen LogP contribution in [0.15, 0.2) is 65.6 Å².